The van der Waals surface area contributed by atoms with Crippen molar-refractivity contribution in [3.8, 4) is 6.07 Å². The Labute approximate surface area is 107 Å². The number of rotatable bonds is 6. The number of thioether (sulfide) groups is 1. The molecular formula is C14H18N2S. The quantitative estimate of drug-likeness (QED) is 0.783. The number of nitriles is 1. The van der Waals surface area contributed by atoms with E-state index in [9.17, 15) is 0 Å². The SMILES string of the molecule is CNCc1cccc(SCC2(CC#N)CC2)c1. The molecule has 0 amide bonds. The third-order valence-corrected chi connectivity index (χ3v) is 4.58. The molecule has 2 nitrogen and oxygen atoms in total. The van der Waals surface area contributed by atoms with E-state index in [1.807, 2.05) is 18.8 Å². The number of hydrogen-bond donors (Lipinski definition) is 1. The fourth-order valence-electron chi connectivity index (χ4n) is 1.90. The van der Waals surface area contributed by atoms with Crippen molar-refractivity contribution in [3.63, 3.8) is 0 Å². The Balaban J connectivity index is 1.91. The molecule has 90 valence electrons. The van der Waals surface area contributed by atoms with Crippen molar-refractivity contribution in [1.82, 2.24) is 5.32 Å². The van der Waals surface area contributed by atoms with Crippen LogP contribution in [0.5, 0.6) is 0 Å². The molecule has 1 N–H and O–H groups in total. The average Bonchev–Trinajstić information content (AvgIpc) is 3.09. The Kier molecular flexibility index (Phi) is 4.09. The van der Waals surface area contributed by atoms with Gasteiger partial charge in [-0.2, -0.15) is 5.26 Å². The highest BCUT2D eigenvalue weighted by Crippen LogP contribution is 2.51. The van der Waals surface area contributed by atoms with Gasteiger partial charge in [-0.15, -0.1) is 11.8 Å². The summed E-state index contributed by atoms with van der Waals surface area (Å²) in [6.45, 7) is 0.914. The highest BCUT2D eigenvalue weighted by atomic mass is 32.2. The molecule has 0 unspecified atom stereocenters. The van der Waals surface area contributed by atoms with Gasteiger partial charge >= 0.3 is 0 Å². The highest BCUT2D eigenvalue weighted by molar-refractivity contribution is 7.99. The fraction of sp³-hybridized carbons (Fsp3) is 0.500. The van der Waals surface area contributed by atoms with Gasteiger partial charge in [-0.3, -0.25) is 0 Å². The van der Waals surface area contributed by atoms with Gasteiger partial charge in [-0.1, -0.05) is 12.1 Å². The normalized spacial score (nSPS) is 16.5. The van der Waals surface area contributed by atoms with E-state index in [0.717, 1.165) is 18.7 Å². The van der Waals surface area contributed by atoms with Crippen LogP contribution in [0.15, 0.2) is 29.2 Å². The number of benzene rings is 1. The summed E-state index contributed by atoms with van der Waals surface area (Å²) in [5.74, 6) is 1.09. The predicted octanol–water partition coefficient (Wildman–Crippen LogP) is 3.19. The molecule has 1 aromatic rings. The van der Waals surface area contributed by atoms with Crippen molar-refractivity contribution in [1.29, 1.82) is 5.26 Å². The van der Waals surface area contributed by atoms with Gasteiger partial charge in [-0.25, -0.2) is 0 Å². The van der Waals surface area contributed by atoms with Crippen molar-refractivity contribution < 1.29 is 0 Å². The number of hydrogen-bond acceptors (Lipinski definition) is 3. The van der Waals surface area contributed by atoms with Gasteiger partial charge in [0.1, 0.15) is 0 Å². The highest BCUT2D eigenvalue weighted by Gasteiger charge is 2.42. The van der Waals surface area contributed by atoms with Crippen molar-refractivity contribution in [2.45, 2.75) is 30.7 Å². The smallest absolute Gasteiger partial charge is 0.0627 e. The molecule has 2 rings (SSSR count). The van der Waals surface area contributed by atoms with Crippen LogP contribution in [0.1, 0.15) is 24.8 Å². The zero-order chi connectivity index (χ0) is 12.1. The van der Waals surface area contributed by atoms with Gasteiger partial charge in [0.2, 0.25) is 0 Å². The summed E-state index contributed by atoms with van der Waals surface area (Å²) in [5, 5.41) is 11.9. The summed E-state index contributed by atoms with van der Waals surface area (Å²) in [5.41, 5.74) is 1.65. The van der Waals surface area contributed by atoms with Crippen molar-refractivity contribution in [2.24, 2.45) is 5.41 Å². The molecule has 1 aromatic carbocycles. The second kappa shape index (κ2) is 5.57. The second-order valence-corrected chi connectivity index (χ2v) is 5.85. The van der Waals surface area contributed by atoms with Crippen molar-refractivity contribution in [3.05, 3.63) is 29.8 Å². The minimum atomic E-state index is 0.332. The van der Waals surface area contributed by atoms with Crippen LogP contribution in [0.4, 0.5) is 0 Å². The summed E-state index contributed by atoms with van der Waals surface area (Å²) >= 11 is 1.89. The monoisotopic (exact) mass is 246 g/mol. The topological polar surface area (TPSA) is 35.8 Å². The van der Waals surface area contributed by atoms with Crippen LogP contribution in [-0.4, -0.2) is 12.8 Å². The van der Waals surface area contributed by atoms with Gasteiger partial charge in [0, 0.05) is 23.6 Å². The molecule has 1 aliphatic rings. The lowest BCUT2D eigenvalue weighted by Gasteiger charge is -2.10. The molecule has 0 bridgehead atoms. The van der Waals surface area contributed by atoms with E-state index in [1.165, 1.54) is 23.3 Å². The lowest BCUT2D eigenvalue weighted by Crippen LogP contribution is -2.05. The van der Waals surface area contributed by atoms with Crippen LogP contribution < -0.4 is 5.32 Å². The molecule has 0 aromatic heterocycles. The van der Waals surface area contributed by atoms with Crippen LogP contribution in [0.25, 0.3) is 0 Å². The third kappa shape index (κ3) is 3.49. The third-order valence-electron chi connectivity index (χ3n) is 3.24. The van der Waals surface area contributed by atoms with E-state index < -0.39 is 0 Å². The molecule has 0 saturated heterocycles. The summed E-state index contributed by atoms with van der Waals surface area (Å²) in [6.07, 6.45) is 3.17. The summed E-state index contributed by atoms with van der Waals surface area (Å²) in [4.78, 5) is 1.32. The molecule has 1 fully saturated rings. The Morgan fingerprint density at radius 2 is 2.29 bits per heavy atom. The van der Waals surface area contributed by atoms with Gasteiger partial charge in [0.05, 0.1) is 6.07 Å². The molecule has 0 atom stereocenters. The lowest BCUT2D eigenvalue weighted by molar-refractivity contribution is 0.604. The maximum absolute atomic E-state index is 8.79. The van der Waals surface area contributed by atoms with E-state index in [2.05, 4.69) is 35.7 Å². The van der Waals surface area contributed by atoms with Gasteiger partial charge in [0.15, 0.2) is 0 Å². The Morgan fingerprint density at radius 3 is 2.94 bits per heavy atom. The van der Waals surface area contributed by atoms with Crippen molar-refractivity contribution in [2.75, 3.05) is 12.8 Å². The maximum atomic E-state index is 8.79. The van der Waals surface area contributed by atoms with Crippen LogP contribution in [0.3, 0.4) is 0 Å². The molecule has 17 heavy (non-hydrogen) atoms. The summed E-state index contributed by atoms with van der Waals surface area (Å²) in [7, 11) is 1.96. The zero-order valence-corrected chi connectivity index (χ0v) is 11.0. The number of nitrogens with one attached hydrogen (secondary N) is 1. The fourth-order valence-corrected chi connectivity index (χ4v) is 3.18. The molecule has 1 aliphatic carbocycles. The largest absolute Gasteiger partial charge is 0.316 e. The molecule has 1 saturated carbocycles. The van der Waals surface area contributed by atoms with Gasteiger partial charge in [-0.05, 0) is 43.0 Å². The minimum absolute atomic E-state index is 0.332. The van der Waals surface area contributed by atoms with Crippen LogP contribution in [0.2, 0.25) is 0 Å². The standard InChI is InChI=1S/C14H18N2S/c1-16-10-12-3-2-4-13(9-12)17-11-14(5-6-14)7-8-15/h2-4,9,16H,5-7,10-11H2,1H3. The molecule has 0 heterocycles. The van der Waals surface area contributed by atoms with Gasteiger partial charge < -0.3 is 5.32 Å². The van der Waals surface area contributed by atoms with E-state index >= 15 is 0 Å². The Bertz CT molecular complexity index is 418. The summed E-state index contributed by atoms with van der Waals surface area (Å²) < 4.78 is 0. The van der Waals surface area contributed by atoms with Crippen LogP contribution in [-0.2, 0) is 6.54 Å². The first-order valence-electron chi connectivity index (χ1n) is 6.01. The van der Waals surface area contributed by atoms with Gasteiger partial charge in [0.25, 0.3) is 0 Å². The first kappa shape index (κ1) is 12.5. The average molecular weight is 246 g/mol. The van der Waals surface area contributed by atoms with E-state index in [-0.39, 0.29) is 0 Å². The molecule has 0 spiro atoms. The minimum Gasteiger partial charge on any atom is -0.316 e. The molecule has 0 aliphatic heterocycles. The molecule has 3 heteroatoms. The summed E-state index contributed by atoms with van der Waals surface area (Å²) in [6, 6.07) is 11.0. The van der Waals surface area contributed by atoms with E-state index in [0.29, 0.717) is 5.41 Å². The zero-order valence-electron chi connectivity index (χ0n) is 10.2. The van der Waals surface area contributed by atoms with Crippen LogP contribution >= 0.6 is 11.8 Å². The van der Waals surface area contributed by atoms with Crippen molar-refractivity contribution >= 4 is 11.8 Å². The number of nitrogens with zero attached hydrogens (tertiary/aromatic N) is 1. The Hall–Kier alpha value is -0.980. The first-order chi connectivity index (χ1) is 8.28. The predicted molar refractivity (Wildman–Crippen MR) is 71.8 cm³/mol. The molecule has 0 radical (unpaired) electrons. The second-order valence-electron chi connectivity index (χ2n) is 4.80. The molecular weight excluding hydrogens is 228 g/mol. The van der Waals surface area contributed by atoms with E-state index in [1.54, 1.807) is 0 Å². The Morgan fingerprint density at radius 1 is 1.47 bits per heavy atom. The van der Waals surface area contributed by atoms with Crippen LogP contribution in [0, 0.1) is 16.7 Å². The van der Waals surface area contributed by atoms with E-state index in [4.69, 9.17) is 5.26 Å². The lowest BCUT2D eigenvalue weighted by atomic mass is 10.1. The first-order valence-corrected chi connectivity index (χ1v) is 7.00. The maximum Gasteiger partial charge on any atom is 0.0627 e.